The van der Waals surface area contributed by atoms with E-state index in [1.54, 1.807) is 0 Å². The zero-order valence-corrected chi connectivity index (χ0v) is 7.33. The average Bonchev–Trinajstić information content (AvgIpc) is 2.31. The van der Waals surface area contributed by atoms with Gasteiger partial charge in [-0.25, -0.2) is 13.2 Å². The molecule has 0 aromatic carbocycles. The number of aromatic carboxylic acids is 1. The maximum Gasteiger partial charge on any atom is 0.374 e. The molecule has 0 saturated carbocycles. The predicted molar refractivity (Wildman–Crippen MR) is 41.9 cm³/mol. The van der Waals surface area contributed by atoms with E-state index in [9.17, 15) is 13.2 Å². The van der Waals surface area contributed by atoms with Crippen molar-refractivity contribution in [3.8, 4) is 0 Å². The van der Waals surface area contributed by atoms with Crippen LogP contribution in [0.25, 0.3) is 0 Å². The standard InChI is InChI=1S/C5H6N2O5S/c1-13(10,11)7-4-2-3(5(8)9)12-6-4/h2H,1H3,(H,6,7)(H,8,9). The van der Waals surface area contributed by atoms with E-state index < -0.39 is 21.8 Å². The summed E-state index contributed by atoms with van der Waals surface area (Å²) >= 11 is 0. The highest BCUT2D eigenvalue weighted by Gasteiger charge is 2.12. The molecule has 0 spiro atoms. The van der Waals surface area contributed by atoms with Crippen molar-refractivity contribution in [2.75, 3.05) is 11.0 Å². The molecule has 7 nitrogen and oxygen atoms in total. The summed E-state index contributed by atoms with van der Waals surface area (Å²) in [7, 11) is -3.45. The number of sulfonamides is 1. The van der Waals surface area contributed by atoms with Crippen molar-refractivity contribution in [2.45, 2.75) is 0 Å². The number of anilines is 1. The fourth-order valence-electron chi connectivity index (χ4n) is 0.614. The molecule has 1 aromatic rings. The zero-order valence-electron chi connectivity index (χ0n) is 6.51. The second-order valence-electron chi connectivity index (χ2n) is 2.26. The number of hydrogen-bond donors (Lipinski definition) is 2. The van der Waals surface area contributed by atoms with Crippen LogP contribution in [0.2, 0.25) is 0 Å². The van der Waals surface area contributed by atoms with Crippen molar-refractivity contribution < 1.29 is 22.8 Å². The van der Waals surface area contributed by atoms with E-state index in [0.29, 0.717) is 0 Å². The summed E-state index contributed by atoms with van der Waals surface area (Å²) in [5, 5.41) is 11.6. The van der Waals surface area contributed by atoms with Gasteiger partial charge < -0.3 is 9.63 Å². The zero-order chi connectivity index (χ0) is 10.1. The van der Waals surface area contributed by atoms with Gasteiger partial charge in [-0.2, -0.15) is 0 Å². The first-order chi connectivity index (χ1) is 5.88. The SMILES string of the molecule is CS(=O)(=O)Nc1cc(C(=O)O)on1. The van der Waals surface area contributed by atoms with Crippen LogP contribution < -0.4 is 4.72 Å². The first-order valence-corrected chi connectivity index (χ1v) is 4.95. The molecular weight excluding hydrogens is 200 g/mol. The lowest BCUT2D eigenvalue weighted by atomic mass is 10.4. The number of hydrogen-bond acceptors (Lipinski definition) is 5. The van der Waals surface area contributed by atoms with Crippen molar-refractivity contribution in [2.24, 2.45) is 0 Å². The van der Waals surface area contributed by atoms with Crippen LogP contribution in [0.3, 0.4) is 0 Å². The number of nitrogens with zero attached hydrogens (tertiary/aromatic N) is 1. The number of rotatable bonds is 3. The minimum absolute atomic E-state index is 0.153. The van der Waals surface area contributed by atoms with Gasteiger partial charge in [-0.15, -0.1) is 0 Å². The molecular formula is C5H6N2O5S. The van der Waals surface area contributed by atoms with Crippen LogP contribution in [0.15, 0.2) is 10.6 Å². The molecule has 0 aliphatic rings. The van der Waals surface area contributed by atoms with Crippen molar-refractivity contribution in [1.82, 2.24) is 5.16 Å². The number of nitrogens with one attached hydrogen (secondary N) is 1. The summed E-state index contributed by atoms with van der Waals surface area (Å²) in [6.45, 7) is 0. The number of carboxylic acid groups (broad SMARTS) is 1. The number of carbonyl (C=O) groups is 1. The van der Waals surface area contributed by atoms with Crippen molar-refractivity contribution in [1.29, 1.82) is 0 Å². The van der Waals surface area contributed by atoms with E-state index in [1.165, 1.54) is 0 Å². The van der Waals surface area contributed by atoms with Gasteiger partial charge in [-0.1, -0.05) is 5.16 Å². The Labute approximate surface area is 73.4 Å². The molecule has 0 unspecified atom stereocenters. The molecule has 1 aromatic heterocycles. The molecule has 1 rings (SSSR count). The molecule has 2 N–H and O–H groups in total. The van der Waals surface area contributed by atoms with E-state index in [0.717, 1.165) is 12.3 Å². The van der Waals surface area contributed by atoms with Crippen molar-refractivity contribution >= 4 is 21.8 Å². The minimum atomic E-state index is -3.45. The fraction of sp³-hybridized carbons (Fsp3) is 0.200. The monoisotopic (exact) mass is 206 g/mol. The highest BCUT2D eigenvalue weighted by molar-refractivity contribution is 7.92. The molecule has 1 heterocycles. The summed E-state index contributed by atoms with van der Waals surface area (Å²) in [5.74, 6) is -1.89. The summed E-state index contributed by atoms with van der Waals surface area (Å²) in [5.41, 5.74) is 0. The Bertz CT molecular complexity index is 420. The summed E-state index contributed by atoms with van der Waals surface area (Å²) < 4.78 is 27.5. The third kappa shape index (κ3) is 2.75. The van der Waals surface area contributed by atoms with Gasteiger partial charge in [0.05, 0.1) is 6.26 Å². The number of carboxylic acids is 1. The molecule has 0 radical (unpaired) electrons. The molecule has 72 valence electrons. The van der Waals surface area contributed by atoms with Crippen LogP contribution in [-0.4, -0.2) is 30.9 Å². The predicted octanol–water partition coefficient (Wildman–Crippen LogP) is -0.256. The van der Waals surface area contributed by atoms with E-state index in [4.69, 9.17) is 5.11 Å². The normalized spacial score (nSPS) is 11.2. The Kier molecular flexibility index (Phi) is 2.24. The van der Waals surface area contributed by atoms with Gasteiger partial charge in [-0.05, 0) is 0 Å². The Balaban J connectivity index is 2.87. The second-order valence-corrected chi connectivity index (χ2v) is 4.00. The van der Waals surface area contributed by atoms with Crippen molar-refractivity contribution in [3.63, 3.8) is 0 Å². The third-order valence-corrected chi connectivity index (χ3v) is 1.59. The van der Waals surface area contributed by atoms with Crippen LogP contribution in [-0.2, 0) is 10.0 Å². The first kappa shape index (κ1) is 9.52. The number of aromatic nitrogens is 1. The maximum atomic E-state index is 10.6. The van der Waals surface area contributed by atoms with Crippen LogP contribution in [0.1, 0.15) is 10.6 Å². The largest absolute Gasteiger partial charge is 0.475 e. The van der Waals surface area contributed by atoms with E-state index in [2.05, 4.69) is 9.68 Å². The van der Waals surface area contributed by atoms with Gasteiger partial charge >= 0.3 is 5.97 Å². The quantitative estimate of drug-likeness (QED) is 0.705. The summed E-state index contributed by atoms with van der Waals surface area (Å²) in [4.78, 5) is 10.3. The summed E-state index contributed by atoms with van der Waals surface area (Å²) in [6, 6.07) is 0.976. The Morgan fingerprint density at radius 3 is 2.69 bits per heavy atom. The van der Waals surface area contributed by atoms with E-state index >= 15 is 0 Å². The Morgan fingerprint density at radius 1 is 1.69 bits per heavy atom. The maximum absolute atomic E-state index is 10.6. The highest BCUT2D eigenvalue weighted by Crippen LogP contribution is 2.09. The lowest BCUT2D eigenvalue weighted by Crippen LogP contribution is -2.09. The topological polar surface area (TPSA) is 110 Å². The molecule has 0 amide bonds. The highest BCUT2D eigenvalue weighted by atomic mass is 32.2. The van der Waals surface area contributed by atoms with E-state index in [-0.39, 0.29) is 5.82 Å². The minimum Gasteiger partial charge on any atom is -0.475 e. The van der Waals surface area contributed by atoms with Gasteiger partial charge in [0, 0.05) is 6.07 Å². The van der Waals surface area contributed by atoms with Crippen molar-refractivity contribution in [3.05, 3.63) is 11.8 Å². The van der Waals surface area contributed by atoms with Crippen LogP contribution in [0, 0.1) is 0 Å². The molecule has 0 bridgehead atoms. The first-order valence-electron chi connectivity index (χ1n) is 3.06. The van der Waals surface area contributed by atoms with Gasteiger partial charge in [0.1, 0.15) is 0 Å². The smallest absolute Gasteiger partial charge is 0.374 e. The third-order valence-electron chi connectivity index (χ3n) is 1.01. The molecule has 0 aliphatic heterocycles. The van der Waals surface area contributed by atoms with Gasteiger partial charge in [0.2, 0.25) is 15.8 Å². The lowest BCUT2D eigenvalue weighted by Gasteiger charge is -1.94. The van der Waals surface area contributed by atoms with Crippen LogP contribution in [0.4, 0.5) is 5.82 Å². The van der Waals surface area contributed by atoms with Gasteiger partial charge in [0.15, 0.2) is 5.82 Å². The summed E-state index contributed by atoms with van der Waals surface area (Å²) in [6.07, 6.45) is 0.919. The van der Waals surface area contributed by atoms with Crippen LogP contribution in [0.5, 0.6) is 0 Å². The average molecular weight is 206 g/mol. The second kappa shape index (κ2) is 3.05. The van der Waals surface area contributed by atoms with Gasteiger partial charge in [0.25, 0.3) is 0 Å². The fourth-order valence-corrected chi connectivity index (χ4v) is 1.09. The Morgan fingerprint density at radius 2 is 2.31 bits per heavy atom. The van der Waals surface area contributed by atoms with Crippen LogP contribution >= 0.6 is 0 Å². The molecule has 13 heavy (non-hydrogen) atoms. The van der Waals surface area contributed by atoms with Gasteiger partial charge in [-0.3, -0.25) is 4.72 Å². The molecule has 0 atom stereocenters. The Hall–Kier alpha value is -1.57. The molecule has 8 heteroatoms. The lowest BCUT2D eigenvalue weighted by molar-refractivity contribution is 0.0652. The molecule has 0 aliphatic carbocycles. The molecule has 0 saturated heterocycles. The van der Waals surface area contributed by atoms with E-state index in [1.807, 2.05) is 4.72 Å². The molecule has 0 fully saturated rings.